The van der Waals surface area contributed by atoms with E-state index in [0.717, 1.165) is 5.39 Å². The molecular weight excluding hydrogens is 268 g/mol. The van der Waals surface area contributed by atoms with E-state index in [2.05, 4.69) is 20.5 Å². The lowest BCUT2D eigenvalue weighted by atomic mass is 10.1. The van der Waals surface area contributed by atoms with E-state index < -0.39 is 0 Å². The number of aromatic amines is 1. The maximum atomic E-state index is 12.4. The summed E-state index contributed by atoms with van der Waals surface area (Å²) in [6.45, 7) is 2.39. The van der Waals surface area contributed by atoms with Crippen molar-refractivity contribution in [2.75, 3.05) is 11.9 Å². The molecule has 0 saturated carbocycles. The second kappa shape index (κ2) is 5.62. The molecule has 0 radical (unpaired) electrons. The Balaban J connectivity index is 1.92. The van der Waals surface area contributed by atoms with E-state index in [1.165, 1.54) is 0 Å². The first kappa shape index (κ1) is 13.1. The molecule has 21 heavy (non-hydrogen) atoms. The molecule has 0 spiro atoms. The largest absolute Gasteiger partial charge is 0.493 e. The molecule has 0 fully saturated rings. The van der Waals surface area contributed by atoms with E-state index in [4.69, 9.17) is 4.74 Å². The fourth-order valence-corrected chi connectivity index (χ4v) is 2.09. The van der Waals surface area contributed by atoms with Crippen LogP contribution in [0.4, 0.5) is 5.69 Å². The van der Waals surface area contributed by atoms with Crippen molar-refractivity contribution in [3.8, 4) is 5.75 Å². The van der Waals surface area contributed by atoms with Gasteiger partial charge in [-0.25, -0.2) is 4.98 Å². The number of carbonyl (C=O) groups excluding carboxylic acids is 1. The van der Waals surface area contributed by atoms with Gasteiger partial charge in [0.15, 0.2) is 5.65 Å². The van der Waals surface area contributed by atoms with E-state index in [9.17, 15) is 4.79 Å². The SMILES string of the molecule is CCOc1ccccc1C(=O)Nc1ccnc2[nH]ncc12. The Morgan fingerprint density at radius 3 is 3.05 bits per heavy atom. The molecule has 106 valence electrons. The Hall–Kier alpha value is -2.89. The number of fused-ring (bicyclic) bond motifs is 1. The van der Waals surface area contributed by atoms with E-state index in [1.54, 1.807) is 36.7 Å². The first-order valence-corrected chi connectivity index (χ1v) is 6.61. The van der Waals surface area contributed by atoms with Gasteiger partial charge in [-0.1, -0.05) is 12.1 Å². The van der Waals surface area contributed by atoms with E-state index in [1.807, 2.05) is 13.0 Å². The van der Waals surface area contributed by atoms with Crippen LogP contribution in [0.1, 0.15) is 17.3 Å². The number of ether oxygens (including phenoxy) is 1. The minimum absolute atomic E-state index is 0.229. The zero-order valence-electron chi connectivity index (χ0n) is 11.5. The minimum atomic E-state index is -0.229. The van der Waals surface area contributed by atoms with Crippen molar-refractivity contribution in [3.63, 3.8) is 0 Å². The van der Waals surface area contributed by atoms with Gasteiger partial charge in [0.25, 0.3) is 5.91 Å². The van der Waals surface area contributed by atoms with Crippen molar-refractivity contribution in [3.05, 3.63) is 48.3 Å². The highest BCUT2D eigenvalue weighted by Crippen LogP contribution is 2.23. The molecule has 0 aliphatic heterocycles. The number of hydrogen-bond acceptors (Lipinski definition) is 4. The molecule has 0 unspecified atom stereocenters. The average molecular weight is 282 g/mol. The molecule has 1 amide bonds. The first-order valence-electron chi connectivity index (χ1n) is 6.61. The lowest BCUT2D eigenvalue weighted by Gasteiger charge is -2.10. The maximum absolute atomic E-state index is 12.4. The lowest BCUT2D eigenvalue weighted by molar-refractivity contribution is 0.102. The van der Waals surface area contributed by atoms with Gasteiger partial charge in [0.05, 0.1) is 29.4 Å². The van der Waals surface area contributed by atoms with Gasteiger partial charge in [-0.3, -0.25) is 9.89 Å². The summed E-state index contributed by atoms with van der Waals surface area (Å²) in [5, 5.41) is 10.3. The summed E-state index contributed by atoms with van der Waals surface area (Å²) in [5.74, 6) is 0.336. The molecule has 0 aliphatic rings. The number of H-pyrrole nitrogens is 1. The molecule has 2 heterocycles. The first-order chi connectivity index (χ1) is 10.3. The number of hydrogen-bond donors (Lipinski definition) is 2. The average Bonchev–Trinajstić information content (AvgIpc) is 2.98. The molecule has 6 heteroatoms. The predicted molar refractivity (Wildman–Crippen MR) is 79.5 cm³/mol. The highest BCUT2D eigenvalue weighted by molar-refractivity contribution is 6.09. The molecular formula is C15H14N4O2. The Kier molecular flexibility index (Phi) is 3.51. The number of nitrogens with one attached hydrogen (secondary N) is 2. The van der Waals surface area contributed by atoms with E-state index >= 15 is 0 Å². The fraction of sp³-hybridized carbons (Fsp3) is 0.133. The van der Waals surface area contributed by atoms with E-state index in [0.29, 0.717) is 29.3 Å². The molecule has 0 aliphatic carbocycles. The van der Waals surface area contributed by atoms with Crippen LogP contribution in [0, 0.1) is 0 Å². The number of pyridine rings is 1. The van der Waals surface area contributed by atoms with Crippen LogP contribution in [-0.2, 0) is 0 Å². The van der Waals surface area contributed by atoms with Gasteiger partial charge in [0.1, 0.15) is 5.75 Å². The summed E-state index contributed by atoms with van der Waals surface area (Å²) in [6.07, 6.45) is 3.25. The third-order valence-corrected chi connectivity index (χ3v) is 3.03. The number of benzene rings is 1. The smallest absolute Gasteiger partial charge is 0.259 e. The summed E-state index contributed by atoms with van der Waals surface area (Å²) >= 11 is 0. The normalized spacial score (nSPS) is 10.5. The fourth-order valence-electron chi connectivity index (χ4n) is 2.09. The zero-order valence-corrected chi connectivity index (χ0v) is 11.5. The summed E-state index contributed by atoms with van der Waals surface area (Å²) in [6, 6.07) is 8.88. The van der Waals surface area contributed by atoms with Gasteiger partial charge >= 0.3 is 0 Å². The molecule has 3 aromatic rings. The highest BCUT2D eigenvalue weighted by Gasteiger charge is 2.13. The quantitative estimate of drug-likeness (QED) is 0.770. The summed E-state index contributed by atoms with van der Waals surface area (Å²) in [7, 11) is 0. The van der Waals surface area contributed by atoms with Crippen LogP contribution in [-0.4, -0.2) is 27.7 Å². The third kappa shape index (κ3) is 2.55. The zero-order chi connectivity index (χ0) is 14.7. The minimum Gasteiger partial charge on any atom is -0.493 e. The lowest BCUT2D eigenvalue weighted by Crippen LogP contribution is -2.13. The number of amides is 1. The van der Waals surface area contributed by atoms with Crippen molar-refractivity contribution in [2.24, 2.45) is 0 Å². The van der Waals surface area contributed by atoms with Crippen LogP contribution in [0.25, 0.3) is 11.0 Å². The standard InChI is InChI=1S/C15H14N4O2/c1-2-21-13-6-4-3-5-10(13)15(20)18-12-7-8-16-14-11(12)9-17-19-14/h3-9H,2H2,1H3,(H2,16,17,18,19,20). The van der Waals surface area contributed by atoms with Crippen LogP contribution in [0.3, 0.4) is 0 Å². The second-order valence-corrected chi connectivity index (χ2v) is 4.37. The van der Waals surface area contributed by atoms with Gasteiger partial charge in [-0.2, -0.15) is 5.10 Å². The summed E-state index contributed by atoms with van der Waals surface area (Å²) in [5.41, 5.74) is 1.78. The van der Waals surface area contributed by atoms with Gasteiger partial charge in [0, 0.05) is 6.20 Å². The monoisotopic (exact) mass is 282 g/mol. The molecule has 2 aromatic heterocycles. The van der Waals surface area contributed by atoms with Crippen LogP contribution < -0.4 is 10.1 Å². The molecule has 1 aromatic carbocycles. The van der Waals surface area contributed by atoms with E-state index in [-0.39, 0.29) is 5.91 Å². The van der Waals surface area contributed by atoms with Crippen molar-refractivity contribution in [1.82, 2.24) is 15.2 Å². The van der Waals surface area contributed by atoms with Crippen molar-refractivity contribution in [2.45, 2.75) is 6.92 Å². The number of nitrogens with zero attached hydrogens (tertiary/aromatic N) is 2. The van der Waals surface area contributed by atoms with Gasteiger partial charge in [-0.05, 0) is 25.1 Å². The van der Waals surface area contributed by atoms with Crippen molar-refractivity contribution < 1.29 is 9.53 Å². The maximum Gasteiger partial charge on any atom is 0.259 e. The van der Waals surface area contributed by atoms with Gasteiger partial charge < -0.3 is 10.1 Å². The third-order valence-electron chi connectivity index (χ3n) is 3.03. The molecule has 2 N–H and O–H groups in total. The summed E-state index contributed by atoms with van der Waals surface area (Å²) < 4.78 is 5.48. The van der Waals surface area contributed by atoms with Crippen molar-refractivity contribution in [1.29, 1.82) is 0 Å². The highest BCUT2D eigenvalue weighted by atomic mass is 16.5. The molecule has 0 atom stereocenters. The van der Waals surface area contributed by atoms with Crippen molar-refractivity contribution >= 4 is 22.6 Å². The van der Waals surface area contributed by atoms with Crippen LogP contribution >= 0.6 is 0 Å². The number of aromatic nitrogens is 3. The summed E-state index contributed by atoms with van der Waals surface area (Å²) in [4.78, 5) is 16.6. The van der Waals surface area contributed by atoms with Crippen LogP contribution in [0.5, 0.6) is 5.75 Å². The molecule has 0 saturated heterocycles. The predicted octanol–water partition coefficient (Wildman–Crippen LogP) is 2.61. The number of para-hydroxylation sites is 1. The molecule has 6 nitrogen and oxygen atoms in total. The topological polar surface area (TPSA) is 79.9 Å². The number of rotatable bonds is 4. The van der Waals surface area contributed by atoms with Crippen LogP contribution in [0.15, 0.2) is 42.7 Å². The van der Waals surface area contributed by atoms with Gasteiger partial charge in [-0.15, -0.1) is 0 Å². The Labute approximate surface area is 121 Å². The Bertz CT molecular complexity index is 782. The molecule has 3 rings (SSSR count). The van der Waals surface area contributed by atoms with Gasteiger partial charge in [0.2, 0.25) is 0 Å². The van der Waals surface area contributed by atoms with Crippen LogP contribution in [0.2, 0.25) is 0 Å². The second-order valence-electron chi connectivity index (χ2n) is 4.37. The Morgan fingerprint density at radius 1 is 1.33 bits per heavy atom. The molecule has 0 bridgehead atoms. The number of carbonyl (C=O) groups is 1. The number of anilines is 1. The Morgan fingerprint density at radius 2 is 2.19 bits per heavy atom.